The van der Waals surface area contributed by atoms with E-state index in [0.29, 0.717) is 5.03 Å². The van der Waals surface area contributed by atoms with Gasteiger partial charge in [0.15, 0.2) is 0 Å². The molecule has 1 aromatic rings. The van der Waals surface area contributed by atoms with Crippen molar-refractivity contribution in [3.05, 3.63) is 23.9 Å². The van der Waals surface area contributed by atoms with Crippen molar-refractivity contribution >= 4 is 24.7 Å². The van der Waals surface area contributed by atoms with Crippen LogP contribution in [0.3, 0.4) is 0 Å². The largest absolute Gasteiger partial charge is 0.527 e. The molecule has 0 aliphatic heterocycles. The minimum absolute atomic E-state index is 0.0826. The molecule has 2 N–H and O–H groups in total. The Morgan fingerprint density at radius 1 is 1.50 bits per heavy atom. The maximum atomic E-state index is 11.4. The molecule has 0 unspecified atom stereocenters. The standard InChI is InChI=1S/C8H10NO5PS/c1-16(2)7-6(4-3-5-9-7)8(10)14-15(11,12)13/h3-5H,1-2H3,(H-,11,12,13)/p+1. The van der Waals surface area contributed by atoms with Gasteiger partial charge in [-0.05, 0) is 12.1 Å². The summed E-state index contributed by atoms with van der Waals surface area (Å²) in [5.74, 6) is -1.06. The normalized spacial score (nSPS) is 11.6. The van der Waals surface area contributed by atoms with Gasteiger partial charge in [-0.2, -0.15) is 0 Å². The molecule has 0 bridgehead atoms. The van der Waals surface area contributed by atoms with Crippen LogP contribution >= 0.6 is 7.82 Å². The Bertz CT molecular complexity index is 444. The van der Waals surface area contributed by atoms with Crippen LogP contribution in [0.25, 0.3) is 0 Å². The van der Waals surface area contributed by atoms with Gasteiger partial charge in [0.25, 0.3) is 5.03 Å². The van der Waals surface area contributed by atoms with Gasteiger partial charge < -0.3 is 4.52 Å². The second-order valence-electron chi connectivity index (χ2n) is 3.04. The lowest BCUT2D eigenvalue weighted by molar-refractivity contribution is 0.0673. The Morgan fingerprint density at radius 2 is 2.12 bits per heavy atom. The zero-order valence-corrected chi connectivity index (χ0v) is 10.4. The van der Waals surface area contributed by atoms with E-state index in [9.17, 15) is 9.36 Å². The maximum absolute atomic E-state index is 11.4. The van der Waals surface area contributed by atoms with Gasteiger partial charge in [-0.3, -0.25) is 9.79 Å². The highest BCUT2D eigenvalue weighted by Crippen LogP contribution is 2.37. The van der Waals surface area contributed by atoms with E-state index >= 15 is 0 Å². The van der Waals surface area contributed by atoms with Gasteiger partial charge in [0, 0.05) is 17.1 Å². The first kappa shape index (κ1) is 13.2. The van der Waals surface area contributed by atoms with E-state index in [1.54, 1.807) is 0 Å². The van der Waals surface area contributed by atoms with Crippen molar-refractivity contribution in [3.8, 4) is 0 Å². The Kier molecular flexibility index (Phi) is 4.09. The molecule has 16 heavy (non-hydrogen) atoms. The van der Waals surface area contributed by atoms with Crippen molar-refractivity contribution < 1.29 is 23.7 Å². The third-order valence-corrected chi connectivity index (χ3v) is 3.08. The lowest BCUT2D eigenvalue weighted by Gasteiger charge is -2.06. The van der Waals surface area contributed by atoms with E-state index in [1.807, 2.05) is 12.5 Å². The molecule has 88 valence electrons. The minimum atomic E-state index is -4.81. The number of rotatable bonds is 3. The Hall–Kier alpha value is -0.880. The van der Waals surface area contributed by atoms with Crippen molar-refractivity contribution in [1.82, 2.24) is 4.98 Å². The van der Waals surface area contributed by atoms with Crippen LogP contribution in [0.1, 0.15) is 10.4 Å². The molecule has 0 aliphatic carbocycles. The molecule has 0 radical (unpaired) electrons. The van der Waals surface area contributed by atoms with Gasteiger partial charge in [0.1, 0.15) is 18.1 Å². The zero-order valence-electron chi connectivity index (χ0n) is 8.65. The molecule has 0 atom stereocenters. The number of carbonyl (C=O) groups excluding carboxylic acids is 1. The lowest BCUT2D eigenvalue weighted by Crippen LogP contribution is -2.11. The van der Waals surface area contributed by atoms with Gasteiger partial charge in [-0.15, -0.1) is 0 Å². The molecule has 1 rings (SSSR count). The fraction of sp³-hybridized carbons (Fsp3) is 0.250. The molecule has 0 aliphatic rings. The molecule has 6 nitrogen and oxygen atoms in total. The molecular formula is C8H11NO5PS+. The fourth-order valence-electron chi connectivity index (χ4n) is 1.03. The number of aromatic nitrogens is 1. The smallest absolute Gasteiger partial charge is 0.367 e. The Labute approximate surface area is 95.3 Å². The van der Waals surface area contributed by atoms with Crippen LogP contribution in [0.2, 0.25) is 0 Å². The summed E-state index contributed by atoms with van der Waals surface area (Å²) in [6, 6.07) is 2.93. The molecule has 0 saturated heterocycles. The van der Waals surface area contributed by atoms with Crippen molar-refractivity contribution in [2.24, 2.45) is 0 Å². The summed E-state index contributed by atoms with van der Waals surface area (Å²) in [6.07, 6.45) is 5.20. The third-order valence-electron chi connectivity index (χ3n) is 1.58. The van der Waals surface area contributed by atoms with Crippen molar-refractivity contribution in [2.75, 3.05) is 12.5 Å². The summed E-state index contributed by atoms with van der Waals surface area (Å²) < 4.78 is 14.5. The predicted octanol–water partition coefficient (Wildman–Crippen LogP) is 0.568. The third kappa shape index (κ3) is 3.61. The van der Waals surface area contributed by atoms with Crippen molar-refractivity contribution in [3.63, 3.8) is 0 Å². The van der Waals surface area contributed by atoms with Crippen LogP contribution in [0.5, 0.6) is 0 Å². The molecular weight excluding hydrogens is 253 g/mol. The molecule has 8 heteroatoms. The number of nitrogens with zero attached hydrogens (tertiary/aromatic N) is 1. The highest BCUT2D eigenvalue weighted by Gasteiger charge is 2.28. The summed E-state index contributed by atoms with van der Waals surface area (Å²) in [5.41, 5.74) is 0.0826. The van der Waals surface area contributed by atoms with Crippen molar-refractivity contribution in [2.45, 2.75) is 5.03 Å². The van der Waals surface area contributed by atoms with E-state index in [1.165, 1.54) is 18.3 Å². The van der Waals surface area contributed by atoms with Crippen LogP contribution in [0.15, 0.2) is 23.4 Å². The first-order valence-corrected chi connectivity index (χ1v) is 7.70. The summed E-state index contributed by atoms with van der Waals surface area (Å²) >= 11 is 0. The summed E-state index contributed by atoms with van der Waals surface area (Å²) in [7, 11) is -5.12. The zero-order chi connectivity index (χ0) is 12.3. The van der Waals surface area contributed by atoms with E-state index in [2.05, 4.69) is 9.51 Å². The summed E-state index contributed by atoms with van der Waals surface area (Å²) in [5, 5.41) is 0.473. The lowest BCUT2D eigenvalue weighted by atomic mass is 10.3. The van der Waals surface area contributed by atoms with Gasteiger partial charge in [-0.25, -0.2) is 14.3 Å². The monoisotopic (exact) mass is 264 g/mol. The van der Waals surface area contributed by atoms with Crippen LogP contribution in [0.4, 0.5) is 0 Å². The Morgan fingerprint density at radius 3 is 2.62 bits per heavy atom. The topological polar surface area (TPSA) is 96.7 Å². The molecule has 0 aromatic carbocycles. The van der Waals surface area contributed by atoms with E-state index in [-0.39, 0.29) is 16.5 Å². The number of phosphoric acid groups is 1. The van der Waals surface area contributed by atoms with Crippen LogP contribution in [-0.4, -0.2) is 33.3 Å². The fourth-order valence-corrected chi connectivity index (χ4v) is 2.21. The maximum Gasteiger partial charge on any atom is 0.527 e. The molecule has 0 spiro atoms. The summed E-state index contributed by atoms with van der Waals surface area (Å²) in [4.78, 5) is 32.5. The molecule has 0 saturated carbocycles. The van der Waals surface area contributed by atoms with Gasteiger partial charge >= 0.3 is 13.8 Å². The van der Waals surface area contributed by atoms with Crippen LogP contribution in [-0.2, 0) is 20.0 Å². The number of phosphoric ester groups is 1. The van der Waals surface area contributed by atoms with E-state index < -0.39 is 13.8 Å². The molecule has 1 heterocycles. The van der Waals surface area contributed by atoms with Gasteiger partial charge in [-0.1, -0.05) is 0 Å². The average Bonchev–Trinajstić information content (AvgIpc) is 2.15. The second-order valence-corrected chi connectivity index (χ2v) is 6.23. The SMILES string of the molecule is C[S+](C)c1ncccc1C(=O)OP(=O)(O)O. The van der Waals surface area contributed by atoms with E-state index in [0.717, 1.165) is 0 Å². The van der Waals surface area contributed by atoms with Crippen LogP contribution < -0.4 is 0 Å². The quantitative estimate of drug-likeness (QED) is 0.612. The number of hydrogen-bond donors (Lipinski definition) is 2. The van der Waals surface area contributed by atoms with Crippen LogP contribution in [0, 0.1) is 0 Å². The summed E-state index contributed by atoms with van der Waals surface area (Å²) in [6.45, 7) is 0. The number of pyridine rings is 1. The van der Waals surface area contributed by atoms with Gasteiger partial charge in [0.05, 0.1) is 0 Å². The molecule has 1 aromatic heterocycles. The van der Waals surface area contributed by atoms with E-state index in [4.69, 9.17) is 9.79 Å². The molecule has 0 amide bonds. The molecule has 0 fully saturated rings. The predicted molar refractivity (Wildman–Crippen MR) is 59.2 cm³/mol. The Balaban J connectivity index is 3.04. The highest BCUT2D eigenvalue weighted by molar-refractivity contribution is 7.95. The van der Waals surface area contributed by atoms with Crippen molar-refractivity contribution in [1.29, 1.82) is 0 Å². The number of carbonyl (C=O) groups is 1. The second kappa shape index (κ2) is 4.97. The van der Waals surface area contributed by atoms with Gasteiger partial charge in [0.2, 0.25) is 0 Å². The number of hydrogen-bond acceptors (Lipinski definition) is 4. The average molecular weight is 264 g/mol. The first-order chi connectivity index (χ1) is 7.31. The first-order valence-electron chi connectivity index (χ1n) is 4.13. The highest BCUT2D eigenvalue weighted by atomic mass is 32.2. The minimum Gasteiger partial charge on any atom is -0.367 e.